The molecule has 0 aliphatic heterocycles. The van der Waals surface area contributed by atoms with Crippen molar-refractivity contribution in [2.45, 2.75) is 32.8 Å². The number of anilines is 1. The van der Waals surface area contributed by atoms with E-state index in [0.717, 1.165) is 6.20 Å². The van der Waals surface area contributed by atoms with Gasteiger partial charge in [-0.3, -0.25) is 10.1 Å². The molecule has 0 fully saturated rings. The largest absolute Gasteiger partial charge is 0.444 e. The summed E-state index contributed by atoms with van der Waals surface area (Å²) in [6.45, 7) is 5.60. The van der Waals surface area contributed by atoms with Crippen LogP contribution in [0.5, 0.6) is 0 Å². The van der Waals surface area contributed by atoms with Gasteiger partial charge in [-0.2, -0.15) is 0 Å². The number of nitrogens with two attached hydrogens (primary N) is 1. The second kappa shape index (κ2) is 7.26. The van der Waals surface area contributed by atoms with Gasteiger partial charge >= 0.3 is 6.09 Å². The standard InChI is InChI=1S/C14H18N4O4/c1-14(2,3)22-13(19)16-7-5-4-6-10-8-11(18(20)21)9-17-12(10)15/h8-9H,5,7H2,1-3H3,(H2,15,17)(H,16,19). The molecule has 0 saturated heterocycles. The molecule has 0 atom stereocenters. The number of rotatable bonds is 3. The fraction of sp³-hybridized carbons (Fsp3) is 0.429. The lowest BCUT2D eigenvalue weighted by Gasteiger charge is -2.19. The molecule has 118 valence electrons. The van der Waals surface area contributed by atoms with Crippen LogP contribution in [0.2, 0.25) is 0 Å². The first-order valence-electron chi connectivity index (χ1n) is 6.54. The zero-order valence-corrected chi connectivity index (χ0v) is 12.7. The van der Waals surface area contributed by atoms with E-state index < -0.39 is 16.6 Å². The summed E-state index contributed by atoms with van der Waals surface area (Å²) >= 11 is 0. The van der Waals surface area contributed by atoms with Crippen molar-refractivity contribution in [2.24, 2.45) is 0 Å². The molecule has 1 heterocycles. The minimum absolute atomic E-state index is 0.123. The fourth-order valence-electron chi connectivity index (χ4n) is 1.36. The number of nitro groups is 1. The molecule has 1 amide bonds. The Hall–Kier alpha value is -2.82. The Balaban J connectivity index is 2.53. The monoisotopic (exact) mass is 306 g/mol. The molecule has 0 unspecified atom stereocenters. The quantitative estimate of drug-likeness (QED) is 0.380. The van der Waals surface area contributed by atoms with E-state index in [1.807, 2.05) is 0 Å². The van der Waals surface area contributed by atoms with Gasteiger partial charge in [0, 0.05) is 19.0 Å². The number of nitrogens with one attached hydrogen (secondary N) is 1. The predicted octanol–water partition coefficient (Wildman–Crippen LogP) is 1.84. The van der Waals surface area contributed by atoms with Gasteiger partial charge in [0.05, 0.1) is 10.5 Å². The number of pyridine rings is 1. The number of amides is 1. The van der Waals surface area contributed by atoms with Crippen molar-refractivity contribution >= 4 is 17.6 Å². The van der Waals surface area contributed by atoms with Gasteiger partial charge in [0.1, 0.15) is 17.6 Å². The molecule has 0 aliphatic carbocycles. The Labute approximate surface area is 128 Å². The molecule has 0 spiro atoms. The highest BCUT2D eigenvalue weighted by Gasteiger charge is 2.15. The first-order valence-corrected chi connectivity index (χ1v) is 6.54. The van der Waals surface area contributed by atoms with Crippen LogP contribution in [0.25, 0.3) is 0 Å². The second-order valence-corrected chi connectivity index (χ2v) is 5.36. The molecular weight excluding hydrogens is 288 g/mol. The Morgan fingerprint density at radius 1 is 1.55 bits per heavy atom. The van der Waals surface area contributed by atoms with Gasteiger partial charge in [-0.15, -0.1) is 0 Å². The van der Waals surface area contributed by atoms with E-state index in [2.05, 4.69) is 22.1 Å². The van der Waals surface area contributed by atoms with Crippen molar-refractivity contribution in [3.05, 3.63) is 27.9 Å². The maximum atomic E-state index is 11.4. The molecule has 8 heteroatoms. The molecule has 1 aromatic heterocycles. The van der Waals surface area contributed by atoms with Crippen molar-refractivity contribution in [2.75, 3.05) is 12.3 Å². The summed E-state index contributed by atoms with van der Waals surface area (Å²) in [6, 6.07) is 1.26. The molecule has 0 aromatic carbocycles. The van der Waals surface area contributed by atoms with Crippen LogP contribution < -0.4 is 11.1 Å². The Kier molecular flexibility index (Phi) is 5.69. The lowest BCUT2D eigenvalue weighted by molar-refractivity contribution is -0.385. The van der Waals surface area contributed by atoms with Gasteiger partial charge < -0.3 is 15.8 Å². The first-order chi connectivity index (χ1) is 10.2. The number of hydrogen-bond donors (Lipinski definition) is 2. The van der Waals surface area contributed by atoms with Crippen LogP contribution in [-0.2, 0) is 4.74 Å². The third kappa shape index (κ3) is 6.09. The number of hydrogen-bond acceptors (Lipinski definition) is 6. The van der Waals surface area contributed by atoms with E-state index in [0.29, 0.717) is 13.0 Å². The van der Waals surface area contributed by atoms with Crippen LogP contribution >= 0.6 is 0 Å². The molecular formula is C14H18N4O4. The SMILES string of the molecule is CC(C)(C)OC(=O)NCCC#Cc1cc([N+](=O)[O-])cnc1N. The lowest BCUT2D eigenvalue weighted by Crippen LogP contribution is -2.32. The summed E-state index contributed by atoms with van der Waals surface area (Å²) < 4.78 is 5.06. The number of carbonyl (C=O) groups is 1. The minimum Gasteiger partial charge on any atom is -0.444 e. The first kappa shape index (κ1) is 17.2. The molecule has 8 nitrogen and oxygen atoms in total. The topological polar surface area (TPSA) is 120 Å². The van der Waals surface area contributed by atoms with Crippen molar-refractivity contribution in [1.82, 2.24) is 10.3 Å². The van der Waals surface area contributed by atoms with Gasteiger partial charge in [0.25, 0.3) is 5.69 Å². The average Bonchev–Trinajstić information content (AvgIpc) is 2.37. The molecule has 0 bridgehead atoms. The van der Waals surface area contributed by atoms with Crippen LogP contribution in [0.4, 0.5) is 16.3 Å². The number of nitrogens with zero attached hydrogens (tertiary/aromatic N) is 2. The summed E-state index contributed by atoms with van der Waals surface area (Å²) in [7, 11) is 0. The highest BCUT2D eigenvalue weighted by molar-refractivity contribution is 5.67. The highest BCUT2D eigenvalue weighted by atomic mass is 16.6. The zero-order valence-electron chi connectivity index (χ0n) is 12.7. The zero-order chi connectivity index (χ0) is 16.8. The van der Waals surface area contributed by atoms with Gasteiger partial charge in [0.15, 0.2) is 0 Å². The van der Waals surface area contributed by atoms with Crippen LogP contribution in [-0.4, -0.2) is 28.1 Å². The summed E-state index contributed by atoms with van der Waals surface area (Å²) in [6.07, 6.45) is 0.900. The molecule has 0 aliphatic rings. The number of carbonyl (C=O) groups excluding carboxylic acids is 1. The number of aromatic nitrogens is 1. The van der Waals surface area contributed by atoms with E-state index in [1.54, 1.807) is 20.8 Å². The third-order valence-electron chi connectivity index (χ3n) is 2.26. The van der Waals surface area contributed by atoms with Crippen LogP contribution in [0.1, 0.15) is 32.8 Å². The Morgan fingerprint density at radius 2 is 2.23 bits per heavy atom. The fourth-order valence-corrected chi connectivity index (χ4v) is 1.36. The summed E-state index contributed by atoms with van der Waals surface area (Å²) in [4.78, 5) is 25.2. The van der Waals surface area contributed by atoms with Crippen LogP contribution in [0.3, 0.4) is 0 Å². The highest BCUT2D eigenvalue weighted by Crippen LogP contribution is 2.15. The third-order valence-corrected chi connectivity index (χ3v) is 2.26. The minimum atomic E-state index is -0.568. The predicted molar refractivity (Wildman–Crippen MR) is 81.0 cm³/mol. The normalized spacial score (nSPS) is 10.3. The Morgan fingerprint density at radius 3 is 2.82 bits per heavy atom. The average molecular weight is 306 g/mol. The second-order valence-electron chi connectivity index (χ2n) is 5.36. The van der Waals surface area contributed by atoms with Crippen LogP contribution in [0, 0.1) is 22.0 Å². The summed E-state index contributed by atoms with van der Waals surface area (Å²) in [5.74, 6) is 5.58. The van der Waals surface area contributed by atoms with Crippen LogP contribution in [0.15, 0.2) is 12.3 Å². The smallest absolute Gasteiger partial charge is 0.407 e. The lowest BCUT2D eigenvalue weighted by atomic mass is 10.2. The molecule has 22 heavy (non-hydrogen) atoms. The van der Waals surface area contributed by atoms with Gasteiger partial charge in [-0.05, 0) is 20.8 Å². The molecule has 1 aromatic rings. The van der Waals surface area contributed by atoms with E-state index >= 15 is 0 Å². The van der Waals surface area contributed by atoms with Crippen molar-refractivity contribution in [1.29, 1.82) is 0 Å². The van der Waals surface area contributed by atoms with Crippen molar-refractivity contribution in [3.8, 4) is 11.8 Å². The van der Waals surface area contributed by atoms with E-state index in [4.69, 9.17) is 10.5 Å². The summed E-state index contributed by atoms with van der Waals surface area (Å²) in [5, 5.41) is 13.2. The maximum absolute atomic E-state index is 11.4. The van der Waals surface area contributed by atoms with Crippen molar-refractivity contribution in [3.63, 3.8) is 0 Å². The summed E-state index contributed by atoms with van der Waals surface area (Å²) in [5.41, 5.74) is 5.15. The Bertz CT molecular complexity index is 626. The van der Waals surface area contributed by atoms with E-state index in [9.17, 15) is 14.9 Å². The van der Waals surface area contributed by atoms with Crippen molar-refractivity contribution < 1.29 is 14.5 Å². The maximum Gasteiger partial charge on any atom is 0.407 e. The van der Waals surface area contributed by atoms with Gasteiger partial charge in [-0.1, -0.05) is 11.8 Å². The van der Waals surface area contributed by atoms with E-state index in [-0.39, 0.29) is 17.1 Å². The van der Waals surface area contributed by atoms with E-state index in [1.165, 1.54) is 6.07 Å². The number of nitrogen functional groups attached to an aromatic ring is 1. The number of ether oxygens (including phenoxy) is 1. The molecule has 3 N–H and O–H groups in total. The molecule has 0 saturated carbocycles. The number of alkyl carbamates (subject to hydrolysis) is 1. The molecule has 0 radical (unpaired) electrons. The van der Waals surface area contributed by atoms with Gasteiger partial charge in [0.2, 0.25) is 0 Å². The van der Waals surface area contributed by atoms with Gasteiger partial charge in [-0.25, -0.2) is 9.78 Å². The molecule has 1 rings (SSSR count).